The average molecular weight is 1130 g/mol. The monoisotopic (exact) mass is 1130 g/mol. The van der Waals surface area contributed by atoms with Crippen LogP contribution in [0, 0.1) is 11.6 Å². The van der Waals surface area contributed by atoms with Crippen LogP contribution in [0.15, 0.2) is 79.0 Å². The van der Waals surface area contributed by atoms with E-state index in [1.165, 1.54) is 18.2 Å². The zero-order valence-corrected chi connectivity index (χ0v) is 45.1. The fourth-order valence-corrected chi connectivity index (χ4v) is 10.3. The van der Waals surface area contributed by atoms with E-state index in [1.54, 1.807) is 29.1 Å². The summed E-state index contributed by atoms with van der Waals surface area (Å²) in [6.07, 6.45) is 3.97. The topological polar surface area (TPSA) is 266 Å². The van der Waals surface area contributed by atoms with Crippen molar-refractivity contribution >= 4 is 69.2 Å². The highest BCUT2D eigenvalue weighted by Crippen LogP contribution is 2.34. The van der Waals surface area contributed by atoms with Crippen LogP contribution < -0.4 is 26.2 Å². The van der Waals surface area contributed by atoms with Gasteiger partial charge in [0.05, 0.1) is 101 Å². The molecule has 0 bridgehead atoms. The number of halogens is 2. The van der Waals surface area contributed by atoms with Gasteiger partial charge >= 0.3 is 0 Å². The summed E-state index contributed by atoms with van der Waals surface area (Å²) in [6.45, 7) is 6.99. The Hall–Kier alpha value is -8.23. The van der Waals surface area contributed by atoms with Crippen molar-refractivity contribution in [2.75, 3.05) is 113 Å². The fraction of sp³-hybridized carbons (Fsp3) is 0.421. The highest BCUT2D eigenvalue weighted by atomic mass is 19.1. The number of anilines is 4. The van der Waals surface area contributed by atoms with Gasteiger partial charge in [-0.2, -0.15) is 5.10 Å². The summed E-state index contributed by atoms with van der Waals surface area (Å²) < 4.78 is 57.7. The van der Waals surface area contributed by atoms with Gasteiger partial charge in [-0.1, -0.05) is 17.3 Å². The number of nitrogens with zero attached hydrogens (tertiary/aromatic N) is 7. The summed E-state index contributed by atoms with van der Waals surface area (Å²) in [5, 5.41) is 28.3. The van der Waals surface area contributed by atoms with Gasteiger partial charge in [0.15, 0.2) is 5.82 Å². The summed E-state index contributed by atoms with van der Waals surface area (Å²) in [7, 11) is 0. The van der Waals surface area contributed by atoms with Crippen LogP contribution in [0.1, 0.15) is 80.0 Å². The number of rotatable bonds is 26. The van der Waals surface area contributed by atoms with Gasteiger partial charge in [-0.05, 0) is 91.4 Å². The summed E-state index contributed by atoms with van der Waals surface area (Å²) in [5.74, 6) is -3.58. The number of piperazine rings is 1. The molecule has 1 atom stereocenters. The van der Waals surface area contributed by atoms with E-state index in [2.05, 4.69) is 46.7 Å². The zero-order valence-electron chi connectivity index (χ0n) is 45.1. The molecule has 6 amide bonds. The molecule has 0 aliphatic carbocycles. The van der Waals surface area contributed by atoms with Crippen molar-refractivity contribution in [2.24, 2.45) is 0 Å². The molecule has 4 aromatic carbocycles. The molecule has 3 fully saturated rings. The molecule has 432 valence electrons. The first-order chi connectivity index (χ1) is 39.9. The highest BCUT2D eigenvalue weighted by Gasteiger charge is 2.45. The SMILES string of the molecule is O=C1CCC(N2C(=O)c3cccc(NCc4cn(CCOCCOCCOCCOCCC(=O)N5CCN(c6ccc(C(=O)Nc7n[nH]c8ccc(Cc9cc(F)cc(F)c9)cc78)c(NC7CCOCC7)c6)CC5)nn4)c3C2=O)C(=O)N1. The molecule has 4 aliphatic heterocycles. The first-order valence-electron chi connectivity index (χ1n) is 27.5. The molecule has 3 saturated heterocycles. The molecule has 2 aromatic heterocycles. The van der Waals surface area contributed by atoms with Crippen molar-refractivity contribution in [3.05, 3.63) is 124 Å². The molecule has 4 aliphatic rings. The van der Waals surface area contributed by atoms with Crippen LogP contribution in [0.2, 0.25) is 0 Å². The summed E-state index contributed by atoms with van der Waals surface area (Å²) in [4.78, 5) is 82.8. The number of nitrogens with one attached hydrogen (secondary N) is 5. The van der Waals surface area contributed by atoms with E-state index < -0.39 is 41.3 Å². The predicted octanol–water partition coefficient (Wildman–Crippen LogP) is 4.69. The standard InChI is InChI=1S/C57H64F2N12O11/c58-38-29-37(30-39(59)32-38)28-36-4-7-46-45(31-36)53(66-65-46)63-54(74)43-6-5-42(33-48(43)61-40-10-18-78-19-11-40)68-13-15-69(16-14-68)51(73)12-20-79-22-24-81-26-27-82-25-23-80-21-17-70-35-41(64-67-70)34-60-47-3-1-2-44-52(47)57(77)71(56(44)76)49-8-9-50(72)62-55(49)75/h1-7,29-33,35,40,49,60-61H,8-28,34H2,(H,62,72,75)(H2,63,65,66,74). The van der Waals surface area contributed by atoms with E-state index >= 15 is 0 Å². The number of fused-ring (bicyclic) bond motifs is 2. The Morgan fingerprint density at radius 1 is 0.756 bits per heavy atom. The molecule has 0 spiro atoms. The van der Waals surface area contributed by atoms with Crippen molar-refractivity contribution in [1.82, 2.24) is 40.3 Å². The third-order valence-corrected chi connectivity index (χ3v) is 14.6. The number of carbonyl (C=O) groups excluding carboxylic acids is 6. The lowest BCUT2D eigenvalue weighted by molar-refractivity contribution is -0.136. The molecule has 0 saturated carbocycles. The van der Waals surface area contributed by atoms with E-state index in [4.69, 9.17) is 23.7 Å². The van der Waals surface area contributed by atoms with Crippen LogP contribution in [0.3, 0.4) is 0 Å². The number of aromatic nitrogens is 5. The van der Waals surface area contributed by atoms with E-state index in [0.717, 1.165) is 35.1 Å². The smallest absolute Gasteiger partial charge is 0.264 e. The number of hydrogen-bond donors (Lipinski definition) is 5. The minimum absolute atomic E-state index is 0.0137. The minimum Gasteiger partial charge on any atom is -0.381 e. The van der Waals surface area contributed by atoms with E-state index in [1.807, 2.05) is 35.2 Å². The molecule has 82 heavy (non-hydrogen) atoms. The van der Waals surface area contributed by atoms with Crippen molar-refractivity contribution in [1.29, 1.82) is 0 Å². The molecule has 6 heterocycles. The van der Waals surface area contributed by atoms with Gasteiger partial charge in [0.1, 0.15) is 23.4 Å². The number of ether oxygens (including phenoxy) is 5. The largest absolute Gasteiger partial charge is 0.381 e. The number of carbonyl (C=O) groups is 6. The Bertz CT molecular complexity index is 3270. The summed E-state index contributed by atoms with van der Waals surface area (Å²) >= 11 is 0. The van der Waals surface area contributed by atoms with Crippen LogP contribution in [0.5, 0.6) is 0 Å². The first-order valence-corrected chi connectivity index (χ1v) is 27.5. The third kappa shape index (κ3) is 14.3. The first kappa shape index (κ1) is 57.0. The third-order valence-electron chi connectivity index (χ3n) is 14.6. The average Bonchev–Trinajstić information content (AvgIpc) is 4.19. The minimum atomic E-state index is -1.05. The van der Waals surface area contributed by atoms with Gasteiger partial charge < -0.3 is 49.4 Å². The number of piperidine rings is 1. The maximum atomic E-state index is 14.0. The van der Waals surface area contributed by atoms with Gasteiger partial charge in [0.2, 0.25) is 17.7 Å². The van der Waals surface area contributed by atoms with Gasteiger partial charge in [-0.3, -0.25) is 44.1 Å². The second-order valence-electron chi connectivity index (χ2n) is 20.2. The Balaban J connectivity index is 0.581. The maximum Gasteiger partial charge on any atom is 0.264 e. The number of aromatic amines is 1. The number of hydrogen-bond acceptors (Lipinski definition) is 17. The van der Waals surface area contributed by atoms with Crippen molar-refractivity contribution in [2.45, 2.75) is 63.7 Å². The second-order valence-corrected chi connectivity index (χ2v) is 20.2. The normalized spacial score (nSPS) is 16.7. The van der Waals surface area contributed by atoms with Gasteiger partial charge in [-0.15, -0.1) is 5.10 Å². The number of imide groups is 2. The Kier molecular flexibility index (Phi) is 18.8. The number of amides is 6. The fourth-order valence-electron chi connectivity index (χ4n) is 10.3. The lowest BCUT2D eigenvalue weighted by Crippen LogP contribution is -2.54. The van der Waals surface area contributed by atoms with Gasteiger partial charge in [0, 0.05) is 80.4 Å². The molecule has 1 unspecified atom stereocenters. The van der Waals surface area contributed by atoms with E-state index in [0.29, 0.717) is 137 Å². The predicted molar refractivity (Wildman–Crippen MR) is 294 cm³/mol. The maximum absolute atomic E-state index is 14.0. The molecule has 10 rings (SSSR count). The van der Waals surface area contributed by atoms with E-state index in [9.17, 15) is 37.5 Å². The van der Waals surface area contributed by atoms with Crippen molar-refractivity contribution in [3.63, 3.8) is 0 Å². The molecule has 0 radical (unpaired) electrons. The van der Waals surface area contributed by atoms with Crippen LogP contribution >= 0.6 is 0 Å². The Morgan fingerprint density at radius 2 is 1.49 bits per heavy atom. The highest BCUT2D eigenvalue weighted by molar-refractivity contribution is 6.25. The van der Waals surface area contributed by atoms with Gasteiger partial charge in [-0.25, -0.2) is 13.5 Å². The number of H-pyrrole nitrogens is 1. The quantitative estimate of drug-likeness (QED) is 0.0364. The molecular formula is C57H64F2N12O11. The van der Waals surface area contributed by atoms with Gasteiger partial charge in [0.25, 0.3) is 17.7 Å². The Morgan fingerprint density at radius 3 is 2.23 bits per heavy atom. The molecule has 25 heteroatoms. The van der Waals surface area contributed by atoms with Crippen LogP contribution in [-0.4, -0.2) is 175 Å². The second kappa shape index (κ2) is 27.0. The zero-order chi connectivity index (χ0) is 57.0. The summed E-state index contributed by atoms with van der Waals surface area (Å²) in [6, 6.07) is 18.6. The molecule has 6 aromatic rings. The number of benzene rings is 4. The van der Waals surface area contributed by atoms with Crippen LogP contribution in [-0.2, 0) is 57.6 Å². The van der Waals surface area contributed by atoms with Crippen molar-refractivity contribution < 1.29 is 61.2 Å². The van der Waals surface area contributed by atoms with Crippen molar-refractivity contribution in [3.8, 4) is 0 Å². The Labute approximate surface area is 470 Å². The lowest BCUT2D eigenvalue weighted by Gasteiger charge is -2.36. The molecular weight excluding hydrogens is 1070 g/mol. The summed E-state index contributed by atoms with van der Waals surface area (Å²) in [5.41, 5.74) is 5.37. The molecule has 23 nitrogen and oxygen atoms in total. The molecule has 5 N–H and O–H groups in total. The van der Waals surface area contributed by atoms with Crippen LogP contribution in [0.25, 0.3) is 10.9 Å². The van der Waals surface area contributed by atoms with Crippen LogP contribution in [0.4, 0.5) is 31.7 Å². The van der Waals surface area contributed by atoms with E-state index in [-0.39, 0.29) is 67.8 Å². The lowest BCUT2D eigenvalue weighted by atomic mass is 10.0.